The zero-order chi connectivity index (χ0) is 23.2. The minimum atomic E-state index is -0.827. The van der Waals surface area contributed by atoms with E-state index >= 15 is 0 Å². The number of nitrogens with zero attached hydrogens (tertiary/aromatic N) is 1. The van der Waals surface area contributed by atoms with E-state index in [4.69, 9.17) is 23.8 Å². The van der Waals surface area contributed by atoms with Crippen molar-refractivity contribution < 1.29 is 28.6 Å². The van der Waals surface area contributed by atoms with E-state index in [1.165, 1.54) is 14.2 Å². The minimum Gasteiger partial charge on any atom is -0.496 e. The fourth-order valence-electron chi connectivity index (χ4n) is 3.78. The Morgan fingerprint density at radius 3 is 2.06 bits per heavy atom. The molecule has 0 N–H and O–H groups in total. The van der Waals surface area contributed by atoms with Gasteiger partial charge in [-0.15, -0.1) is 0 Å². The van der Waals surface area contributed by atoms with E-state index in [-0.39, 0.29) is 6.61 Å². The first-order valence-corrected chi connectivity index (χ1v) is 10.5. The lowest BCUT2D eigenvalue weighted by atomic mass is 9.88. The Kier molecular flexibility index (Phi) is 6.78. The molecule has 0 unspecified atom stereocenters. The molecule has 0 amide bonds. The van der Waals surface area contributed by atoms with Gasteiger partial charge in [0.15, 0.2) is 6.10 Å². The second-order valence-electron chi connectivity index (χ2n) is 7.39. The molecule has 1 heterocycles. The van der Waals surface area contributed by atoms with E-state index in [1.54, 1.807) is 19.2 Å². The van der Waals surface area contributed by atoms with Crippen LogP contribution < -0.4 is 14.2 Å². The van der Waals surface area contributed by atoms with E-state index in [0.29, 0.717) is 28.5 Å². The summed E-state index contributed by atoms with van der Waals surface area (Å²) in [6.07, 6.45) is -0.652. The van der Waals surface area contributed by atoms with Gasteiger partial charge in [0.2, 0.25) is 0 Å². The van der Waals surface area contributed by atoms with Crippen LogP contribution in [0.1, 0.15) is 22.8 Å². The third kappa shape index (κ3) is 4.62. The summed E-state index contributed by atoms with van der Waals surface area (Å²) in [6.45, 7) is 0.141. The first kappa shape index (κ1) is 22.2. The van der Waals surface area contributed by atoms with Crippen LogP contribution in [0.25, 0.3) is 0 Å². The molecule has 7 nitrogen and oxygen atoms in total. The highest BCUT2D eigenvalue weighted by Crippen LogP contribution is 2.42. The van der Waals surface area contributed by atoms with Crippen molar-refractivity contribution in [2.24, 2.45) is 11.1 Å². The number of carbonyl (C=O) groups is 1. The highest BCUT2D eigenvalue weighted by atomic mass is 16.6. The summed E-state index contributed by atoms with van der Waals surface area (Å²) in [6, 6.07) is 22.4. The largest absolute Gasteiger partial charge is 0.496 e. The van der Waals surface area contributed by atoms with Crippen molar-refractivity contribution in [2.75, 3.05) is 21.3 Å². The standard InChI is InChI=1S/C26H25NO6/c1-29-19-14-20(30-2)22(21(15-19)31-3)24-23(25(33-27-24)18-12-8-5-9-13-18)26(28)32-16-17-10-6-4-7-11-17/h4-15,23,25H,16H2,1-3H3/t23-,25-/m0/s1. The van der Waals surface area contributed by atoms with E-state index in [1.807, 2.05) is 60.7 Å². The Morgan fingerprint density at radius 2 is 1.48 bits per heavy atom. The first-order chi connectivity index (χ1) is 16.2. The molecule has 7 heteroatoms. The number of rotatable bonds is 8. The highest BCUT2D eigenvalue weighted by molar-refractivity contribution is 6.15. The summed E-state index contributed by atoms with van der Waals surface area (Å²) in [5.74, 6) is 0.164. The fraction of sp³-hybridized carbons (Fsp3) is 0.231. The van der Waals surface area contributed by atoms with Crippen molar-refractivity contribution in [1.82, 2.24) is 0 Å². The van der Waals surface area contributed by atoms with E-state index in [2.05, 4.69) is 5.16 Å². The van der Waals surface area contributed by atoms with Crippen LogP contribution in [0.2, 0.25) is 0 Å². The average Bonchev–Trinajstić information content (AvgIpc) is 3.32. The van der Waals surface area contributed by atoms with Gasteiger partial charge in [0, 0.05) is 12.1 Å². The number of carbonyl (C=O) groups excluding carboxylic acids is 1. The number of esters is 1. The van der Waals surface area contributed by atoms with Crippen LogP contribution in [-0.2, 0) is 21.0 Å². The maximum atomic E-state index is 13.4. The van der Waals surface area contributed by atoms with Gasteiger partial charge >= 0.3 is 5.97 Å². The number of oxime groups is 1. The zero-order valence-electron chi connectivity index (χ0n) is 18.7. The van der Waals surface area contributed by atoms with Crippen LogP contribution in [0.4, 0.5) is 0 Å². The zero-order valence-corrected chi connectivity index (χ0v) is 18.7. The van der Waals surface area contributed by atoms with Gasteiger partial charge in [-0.25, -0.2) is 0 Å². The van der Waals surface area contributed by atoms with Crippen molar-refractivity contribution in [2.45, 2.75) is 12.7 Å². The molecule has 3 aromatic carbocycles. The first-order valence-electron chi connectivity index (χ1n) is 10.5. The topological polar surface area (TPSA) is 75.6 Å². The third-order valence-corrected chi connectivity index (χ3v) is 5.44. The molecule has 0 fully saturated rings. The molecule has 2 atom stereocenters. The quantitative estimate of drug-likeness (QED) is 0.472. The normalized spacial score (nSPS) is 17.0. The molecule has 4 rings (SSSR count). The summed E-state index contributed by atoms with van der Waals surface area (Å²) in [5.41, 5.74) is 2.59. The maximum Gasteiger partial charge on any atom is 0.319 e. The van der Waals surface area contributed by atoms with Crippen molar-refractivity contribution >= 4 is 11.7 Å². The lowest BCUT2D eigenvalue weighted by molar-refractivity contribution is -0.150. The van der Waals surface area contributed by atoms with Crippen LogP contribution in [0.15, 0.2) is 78.0 Å². The molecular formula is C26H25NO6. The number of benzene rings is 3. The second-order valence-corrected chi connectivity index (χ2v) is 7.39. The fourth-order valence-corrected chi connectivity index (χ4v) is 3.78. The predicted molar refractivity (Wildman–Crippen MR) is 123 cm³/mol. The summed E-state index contributed by atoms with van der Waals surface area (Å²) in [4.78, 5) is 19.2. The van der Waals surface area contributed by atoms with Gasteiger partial charge in [0.05, 0.1) is 26.9 Å². The molecule has 0 bridgehead atoms. The van der Waals surface area contributed by atoms with Gasteiger partial charge < -0.3 is 23.8 Å². The smallest absolute Gasteiger partial charge is 0.319 e. The molecule has 33 heavy (non-hydrogen) atoms. The third-order valence-electron chi connectivity index (χ3n) is 5.44. The Morgan fingerprint density at radius 1 is 0.879 bits per heavy atom. The molecule has 170 valence electrons. The van der Waals surface area contributed by atoms with Crippen LogP contribution in [0.5, 0.6) is 17.2 Å². The molecule has 3 aromatic rings. The van der Waals surface area contributed by atoms with Crippen LogP contribution in [0, 0.1) is 5.92 Å². The van der Waals surface area contributed by atoms with Gasteiger partial charge in [-0.2, -0.15) is 0 Å². The predicted octanol–water partition coefficient (Wildman–Crippen LogP) is 4.55. The Labute approximate surface area is 192 Å². The van der Waals surface area contributed by atoms with E-state index < -0.39 is 18.0 Å². The molecule has 1 aliphatic rings. The monoisotopic (exact) mass is 447 g/mol. The summed E-state index contributed by atoms with van der Waals surface area (Å²) in [7, 11) is 4.62. The van der Waals surface area contributed by atoms with Crippen LogP contribution in [-0.4, -0.2) is 33.0 Å². The Balaban J connectivity index is 1.73. The lowest BCUT2D eigenvalue weighted by Gasteiger charge is -2.20. The molecule has 0 saturated heterocycles. The molecule has 0 saturated carbocycles. The number of methoxy groups -OCH3 is 3. The van der Waals surface area contributed by atoms with Crippen molar-refractivity contribution in [3.05, 3.63) is 89.5 Å². The van der Waals surface area contributed by atoms with E-state index in [0.717, 1.165) is 11.1 Å². The summed E-state index contributed by atoms with van der Waals surface area (Å²) in [5, 5.41) is 4.31. The highest BCUT2D eigenvalue weighted by Gasteiger charge is 2.45. The van der Waals surface area contributed by atoms with Gasteiger partial charge in [0.25, 0.3) is 0 Å². The molecular weight excluding hydrogens is 422 g/mol. The molecule has 0 radical (unpaired) electrons. The maximum absolute atomic E-state index is 13.4. The van der Waals surface area contributed by atoms with Gasteiger partial charge in [-0.05, 0) is 11.1 Å². The molecule has 0 spiro atoms. The van der Waals surface area contributed by atoms with Crippen LogP contribution in [0.3, 0.4) is 0 Å². The Hall–Kier alpha value is -4.00. The lowest BCUT2D eigenvalue weighted by Crippen LogP contribution is -2.29. The number of hydrogen-bond donors (Lipinski definition) is 0. The average molecular weight is 447 g/mol. The summed E-state index contributed by atoms with van der Waals surface area (Å²) < 4.78 is 22.2. The molecule has 0 aromatic heterocycles. The van der Waals surface area contributed by atoms with Crippen molar-refractivity contribution in [3.8, 4) is 17.2 Å². The number of ether oxygens (including phenoxy) is 4. The second kappa shape index (κ2) is 10.1. The van der Waals surface area contributed by atoms with Gasteiger partial charge in [-0.3, -0.25) is 4.79 Å². The number of hydrogen-bond acceptors (Lipinski definition) is 7. The van der Waals surface area contributed by atoms with Crippen LogP contribution >= 0.6 is 0 Å². The van der Waals surface area contributed by atoms with Crippen molar-refractivity contribution in [1.29, 1.82) is 0 Å². The van der Waals surface area contributed by atoms with E-state index in [9.17, 15) is 4.79 Å². The minimum absolute atomic E-state index is 0.141. The van der Waals surface area contributed by atoms with Gasteiger partial charge in [-0.1, -0.05) is 65.8 Å². The SMILES string of the molecule is COc1cc(OC)c(C2=NO[C@@H](c3ccccc3)[C@H]2C(=O)OCc2ccccc2)c(OC)c1. The van der Waals surface area contributed by atoms with Crippen molar-refractivity contribution in [3.63, 3.8) is 0 Å². The Bertz CT molecular complexity index is 1110. The molecule has 0 aliphatic carbocycles. The summed E-state index contributed by atoms with van der Waals surface area (Å²) >= 11 is 0. The molecule has 1 aliphatic heterocycles. The van der Waals surface area contributed by atoms with Gasteiger partial charge in [0.1, 0.15) is 35.5 Å².